The lowest BCUT2D eigenvalue weighted by molar-refractivity contribution is -0.148. The van der Waals surface area contributed by atoms with Gasteiger partial charge in [-0.2, -0.15) is 0 Å². The summed E-state index contributed by atoms with van der Waals surface area (Å²) in [6.45, 7) is 0. The summed E-state index contributed by atoms with van der Waals surface area (Å²) in [5.41, 5.74) is -1.59. The minimum atomic E-state index is -1.17. The first-order valence-electron chi connectivity index (χ1n) is 5.14. The lowest BCUT2D eigenvalue weighted by atomic mass is 9.76. The Labute approximate surface area is 95.9 Å². The number of nitrogens with one attached hydrogen (secondary N) is 2. The molecule has 7 nitrogen and oxygen atoms in total. The van der Waals surface area contributed by atoms with E-state index in [1.54, 1.807) is 0 Å². The topological polar surface area (TPSA) is 112 Å². The molecule has 1 aromatic heterocycles. The van der Waals surface area contributed by atoms with Crippen molar-refractivity contribution in [3.8, 4) is 0 Å². The maximum Gasteiger partial charge on any atom is 0.329 e. The second-order valence-electron chi connectivity index (χ2n) is 3.99. The van der Waals surface area contributed by atoms with E-state index in [1.165, 1.54) is 0 Å². The van der Waals surface area contributed by atoms with Crippen molar-refractivity contribution in [2.24, 2.45) is 0 Å². The molecule has 1 saturated carbocycles. The molecular formula is C10H11N3O4. The van der Waals surface area contributed by atoms with Crippen LogP contribution in [-0.4, -0.2) is 32.5 Å². The predicted octanol–water partition coefficient (Wildman–Crippen LogP) is -0.493. The van der Waals surface area contributed by atoms with Crippen LogP contribution < -0.4 is 10.9 Å². The van der Waals surface area contributed by atoms with Crippen molar-refractivity contribution in [2.75, 3.05) is 0 Å². The van der Waals surface area contributed by atoms with Crippen LogP contribution >= 0.6 is 0 Å². The summed E-state index contributed by atoms with van der Waals surface area (Å²) in [4.78, 5) is 39.4. The molecule has 0 saturated heterocycles. The first-order chi connectivity index (χ1) is 8.03. The second kappa shape index (κ2) is 4.00. The highest BCUT2D eigenvalue weighted by Gasteiger charge is 2.45. The van der Waals surface area contributed by atoms with Crippen molar-refractivity contribution in [3.05, 3.63) is 28.4 Å². The summed E-state index contributed by atoms with van der Waals surface area (Å²) >= 11 is 0. The molecule has 3 N–H and O–H groups in total. The zero-order valence-electron chi connectivity index (χ0n) is 8.90. The van der Waals surface area contributed by atoms with Crippen LogP contribution in [-0.2, 0) is 4.79 Å². The van der Waals surface area contributed by atoms with Gasteiger partial charge in [0.25, 0.3) is 11.5 Å². The number of aliphatic carboxylic acids is 1. The number of H-pyrrole nitrogens is 1. The largest absolute Gasteiger partial charge is 0.480 e. The van der Waals surface area contributed by atoms with Gasteiger partial charge in [-0.3, -0.25) is 9.59 Å². The number of hydrogen-bond acceptors (Lipinski definition) is 4. The van der Waals surface area contributed by atoms with Crippen LogP contribution in [0, 0.1) is 0 Å². The highest BCUT2D eigenvalue weighted by atomic mass is 16.4. The summed E-state index contributed by atoms with van der Waals surface area (Å²) in [5, 5.41) is 11.5. The molecule has 1 fully saturated rings. The van der Waals surface area contributed by atoms with Gasteiger partial charge in [0.1, 0.15) is 11.2 Å². The SMILES string of the molecule is O=C(NC1(C(=O)O)CCC1)c1c[nH]c(=O)cn1. The molecule has 0 spiro atoms. The fourth-order valence-corrected chi connectivity index (χ4v) is 1.67. The van der Waals surface area contributed by atoms with E-state index in [9.17, 15) is 14.4 Å². The van der Waals surface area contributed by atoms with Gasteiger partial charge >= 0.3 is 5.97 Å². The van der Waals surface area contributed by atoms with Gasteiger partial charge in [0.2, 0.25) is 0 Å². The standard InChI is InChI=1S/C10H11N3O4/c14-7-5-11-6(4-12-7)8(15)13-10(9(16)17)2-1-3-10/h4-5H,1-3H2,(H,12,14)(H,13,15)(H,16,17). The van der Waals surface area contributed by atoms with Crippen LogP contribution in [0.5, 0.6) is 0 Å². The third kappa shape index (κ3) is 2.03. The summed E-state index contributed by atoms with van der Waals surface area (Å²) in [6.07, 6.45) is 3.73. The van der Waals surface area contributed by atoms with E-state index >= 15 is 0 Å². The van der Waals surface area contributed by atoms with Crippen molar-refractivity contribution >= 4 is 11.9 Å². The lowest BCUT2D eigenvalue weighted by Gasteiger charge is -2.37. The number of carboxylic acids is 1. The highest BCUT2D eigenvalue weighted by Crippen LogP contribution is 2.32. The first kappa shape index (κ1) is 11.3. The fraction of sp³-hybridized carbons (Fsp3) is 0.400. The minimum Gasteiger partial charge on any atom is -0.480 e. The van der Waals surface area contributed by atoms with Crippen LogP contribution in [0.2, 0.25) is 0 Å². The van der Waals surface area contributed by atoms with Crippen molar-refractivity contribution in [3.63, 3.8) is 0 Å². The molecule has 90 valence electrons. The number of rotatable bonds is 3. The van der Waals surface area contributed by atoms with Crippen molar-refractivity contribution in [1.82, 2.24) is 15.3 Å². The summed E-state index contributed by atoms with van der Waals surface area (Å²) in [5.74, 6) is -1.63. The van der Waals surface area contributed by atoms with Crippen LogP contribution in [0.1, 0.15) is 29.8 Å². The number of carbonyl (C=O) groups is 2. The number of aromatic nitrogens is 2. The fourth-order valence-electron chi connectivity index (χ4n) is 1.67. The molecule has 2 rings (SSSR count). The zero-order chi connectivity index (χ0) is 12.5. The number of carboxylic acid groups (broad SMARTS) is 1. The van der Waals surface area contributed by atoms with Gasteiger partial charge in [-0.25, -0.2) is 9.78 Å². The Morgan fingerprint density at radius 1 is 1.47 bits per heavy atom. The molecule has 1 aromatic rings. The van der Waals surface area contributed by atoms with E-state index in [1.807, 2.05) is 0 Å². The number of hydrogen-bond donors (Lipinski definition) is 3. The van der Waals surface area contributed by atoms with Crippen LogP contribution in [0.15, 0.2) is 17.2 Å². The van der Waals surface area contributed by atoms with E-state index < -0.39 is 23.0 Å². The Hall–Kier alpha value is -2.18. The van der Waals surface area contributed by atoms with Gasteiger partial charge in [0, 0.05) is 6.20 Å². The van der Waals surface area contributed by atoms with E-state index in [0.29, 0.717) is 12.8 Å². The smallest absolute Gasteiger partial charge is 0.329 e. The van der Waals surface area contributed by atoms with Crippen molar-refractivity contribution in [1.29, 1.82) is 0 Å². The third-order valence-electron chi connectivity index (χ3n) is 2.87. The number of nitrogens with zero attached hydrogens (tertiary/aromatic N) is 1. The van der Waals surface area contributed by atoms with E-state index in [0.717, 1.165) is 18.8 Å². The second-order valence-corrected chi connectivity index (χ2v) is 3.99. The molecule has 0 radical (unpaired) electrons. The molecule has 0 unspecified atom stereocenters. The molecule has 0 bridgehead atoms. The van der Waals surface area contributed by atoms with Gasteiger partial charge in [-0.1, -0.05) is 0 Å². The Morgan fingerprint density at radius 3 is 2.59 bits per heavy atom. The average molecular weight is 237 g/mol. The third-order valence-corrected chi connectivity index (χ3v) is 2.87. The van der Waals surface area contributed by atoms with Gasteiger partial charge in [-0.05, 0) is 19.3 Å². The molecule has 0 aliphatic heterocycles. The minimum absolute atomic E-state index is 0.00266. The molecular weight excluding hydrogens is 226 g/mol. The van der Waals surface area contributed by atoms with Gasteiger partial charge < -0.3 is 15.4 Å². The summed E-state index contributed by atoms with van der Waals surface area (Å²) < 4.78 is 0. The average Bonchev–Trinajstić information content (AvgIpc) is 2.23. The maximum absolute atomic E-state index is 11.7. The molecule has 0 atom stereocenters. The van der Waals surface area contributed by atoms with E-state index in [-0.39, 0.29) is 5.69 Å². The number of aromatic amines is 1. The summed E-state index contributed by atoms with van der Waals surface area (Å²) in [7, 11) is 0. The number of amides is 1. The molecule has 0 aromatic carbocycles. The molecule has 1 amide bonds. The van der Waals surface area contributed by atoms with Crippen LogP contribution in [0.25, 0.3) is 0 Å². The van der Waals surface area contributed by atoms with E-state index in [4.69, 9.17) is 5.11 Å². The lowest BCUT2D eigenvalue weighted by Crippen LogP contribution is -2.59. The first-order valence-corrected chi connectivity index (χ1v) is 5.14. The molecule has 7 heteroatoms. The Morgan fingerprint density at radius 2 is 2.18 bits per heavy atom. The Balaban J connectivity index is 2.14. The van der Waals surface area contributed by atoms with Crippen molar-refractivity contribution < 1.29 is 14.7 Å². The van der Waals surface area contributed by atoms with E-state index in [2.05, 4.69) is 15.3 Å². The molecule has 1 heterocycles. The Kier molecular flexibility index (Phi) is 2.66. The monoisotopic (exact) mass is 237 g/mol. The normalized spacial score (nSPS) is 16.9. The number of carbonyl (C=O) groups excluding carboxylic acids is 1. The van der Waals surface area contributed by atoms with Crippen LogP contribution in [0.3, 0.4) is 0 Å². The van der Waals surface area contributed by atoms with Gasteiger partial charge in [0.15, 0.2) is 0 Å². The molecule has 17 heavy (non-hydrogen) atoms. The summed E-state index contributed by atoms with van der Waals surface area (Å²) in [6, 6.07) is 0. The van der Waals surface area contributed by atoms with Gasteiger partial charge in [-0.15, -0.1) is 0 Å². The predicted molar refractivity (Wildman–Crippen MR) is 56.5 cm³/mol. The Bertz CT molecular complexity index is 498. The molecule has 1 aliphatic carbocycles. The van der Waals surface area contributed by atoms with Crippen LogP contribution in [0.4, 0.5) is 0 Å². The van der Waals surface area contributed by atoms with Crippen molar-refractivity contribution in [2.45, 2.75) is 24.8 Å². The maximum atomic E-state index is 11.7. The molecule has 1 aliphatic rings. The quantitative estimate of drug-likeness (QED) is 0.656. The highest BCUT2D eigenvalue weighted by molar-refractivity contribution is 5.96. The van der Waals surface area contributed by atoms with Gasteiger partial charge in [0.05, 0.1) is 6.20 Å². The zero-order valence-corrected chi connectivity index (χ0v) is 8.90.